The number of aromatic nitrogens is 1. The van der Waals surface area contributed by atoms with Gasteiger partial charge in [-0.1, -0.05) is 188 Å². The van der Waals surface area contributed by atoms with Crippen molar-refractivity contribution in [3.8, 4) is 39.1 Å². The Morgan fingerprint density at radius 1 is 0.344 bits per heavy atom. The van der Waals surface area contributed by atoms with Crippen LogP contribution in [0.25, 0.3) is 93.6 Å². The zero-order valence-corrected chi connectivity index (χ0v) is 33.2. The molecule has 12 rings (SSSR count). The molecule has 0 bridgehead atoms. The van der Waals surface area contributed by atoms with Crippen LogP contribution in [0.2, 0.25) is 0 Å². The Labute approximate surface area is 353 Å². The zero-order valence-electron chi connectivity index (χ0n) is 33.2. The molecule has 2 heterocycles. The smallest absolute Gasteiger partial charge is 0.143 e. The van der Waals surface area contributed by atoms with Gasteiger partial charge in [-0.05, 0) is 64.4 Å². The van der Waals surface area contributed by atoms with E-state index < -0.39 is 0 Å². The highest BCUT2D eigenvalue weighted by atomic mass is 16.3. The Bertz CT molecular complexity index is 3610. The fraction of sp³-hybridized carbons (Fsp3) is 0. The van der Waals surface area contributed by atoms with E-state index in [1.54, 1.807) is 0 Å². The number of nitrogens with zero attached hydrogens (tertiary/aromatic N) is 2. The maximum absolute atomic E-state index is 6.71. The lowest BCUT2D eigenvalue weighted by atomic mass is 9.95. The van der Waals surface area contributed by atoms with Crippen LogP contribution in [-0.4, -0.2) is 4.57 Å². The van der Waals surface area contributed by atoms with E-state index in [-0.39, 0.29) is 0 Å². The van der Waals surface area contributed by atoms with E-state index in [2.05, 4.69) is 234 Å². The van der Waals surface area contributed by atoms with E-state index in [1.165, 1.54) is 38.2 Å². The van der Waals surface area contributed by atoms with Gasteiger partial charge in [0.05, 0.1) is 28.1 Å². The summed E-state index contributed by atoms with van der Waals surface area (Å²) in [6.07, 6.45) is 0. The first-order chi connectivity index (χ1) is 30.3. The Kier molecular flexibility index (Phi) is 8.17. The van der Waals surface area contributed by atoms with Crippen LogP contribution >= 0.6 is 0 Å². The van der Waals surface area contributed by atoms with Crippen molar-refractivity contribution in [1.82, 2.24) is 4.57 Å². The lowest BCUT2D eigenvalue weighted by molar-refractivity contribution is 0.670. The van der Waals surface area contributed by atoms with Gasteiger partial charge in [0.2, 0.25) is 0 Å². The van der Waals surface area contributed by atoms with Crippen LogP contribution in [-0.2, 0) is 0 Å². The van der Waals surface area contributed by atoms with Crippen molar-refractivity contribution in [2.24, 2.45) is 0 Å². The van der Waals surface area contributed by atoms with Crippen LogP contribution in [0.15, 0.2) is 235 Å². The summed E-state index contributed by atoms with van der Waals surface area (Å²) in [5, 5.41) is 7.06. The molecule has 61 heavy (non-hydrogen) atoms. The van der Waals surface area contributed by atoms with E-state index in [1.807, 2.05) is 6.07 Å². The zero-order chi connectivity index (χ0) is 40.3. The molecule has 0 saturated heterocycles. The highest BCUT2D eigenvalue weighted by molar-refractivity contribution is 6.13. The molecule has 0 unspecified atom stereocenters. The number of furan rings is 1. The number of benzene rings is 10. The normalized spacial score (nSPS) is 11.6. The number of hydrogen-bond acceptors (Lipinski definition) is 2. The third-order valence-corrected chi connectivity index (χ3v) is 12.2. The summed E-state index contributed by atoms with van der Waals surface area (Å²) in [4.78, 5) is 2.46. The van der Waals surface area contributed by atoms with Gasteiger partial charge >= 0.3 is 0 Å². The molecule has 0 amide bonds. The Morgan fingerprint density at radius 2 is 0.902 bits per heavy atom. The minimum atomic E-state index is 0.881. The molecule has 2 aromatic heterocycles. The lowest BCUT2D eigenvalue weighted by Crippen LogP contribution is -2.12. The molecule has 0 saturated carbocycles. The van der Waals surface area contributed by atoms with Crippen molar-refractivity contribution in [2.45, 2.75) is 0 Å². The summed E-state index contributed by atoms with van der Waals surface area (Å²) >= 11 is 0. The molecule has 0 spiro atoms. The van der Waals surface area contributed by atoms with Crippen LogP contribution in [0, 0.1) is 0 Å². The first-order valence-corrected chi connectivity index (χ1v) is 20.9. The maximum atomic E-state index is 6.71. The minimum absolute atomic E-state index is 0.881. The molecule has 3 heteroatoms. The molecule has 0 aliphatic rings. The second-order valence-corrected chi connectivity index (χ2v) is 15.6. The third-order valence-electron chi connectivity index (χ3n) is 12.2. The van der Waals surface area contributed by atoms with Crippen LogP contribution < -0.4 is 4.90 Å². The first-order valence-electron chi connectivity index (χ1n) is 20.9. The average Bonchev–Trinajstić information content (AvgIpc) is 3.88. The fourth-order valence-electron chi connectivity index (χ4n) is 9.51. The number of hydrogen-bond donors (Lipinski definition) is 0. The van der Waals surface area contributed by atoms with Gasteiger partial charge in [-0.3, -0.25) is 0 Å². The van der Waals surface area contributed by atoms with E-state index in [0.717, 1.165) is 72.4 Å². The average molecular weight is 779 g/mol. The summed E-state index contributed by atoms with van der Waals surface area (Å²) in [7, 11) is 0. The molecule has 0 atom stereocenters. The van der Waals surface area contributed by atoms with E-state index in [0.29, 0.717) is 0 Å². The van der Waals surface area contributed by atoms with Crippen LogP contribution in [0.1, 0.15) is 0 Å². The van der Waals surface area contributed by atoms with Gasteiger partial charge in [0.15, 0.2) is 0 Å². The highest BCUT2D eigenvalue weighted by Crippen LogP contribution is 2.49. The molecule has 12 aromatic rings. The Morgan fingerprint density at radius 3 is 1.74 bits per heavy atom. The molecule has 0 aliphatic carbocycles. The molecule has 10 aromatic carbocycles. The minimum Gasteiger partial charge on any atom is -0.455 e. The summed E-state index contributed by atoms with van der Waals surface area (Å²) in [6, 6.07) is 83.0. The molecular formula is C58H38N2O. The molecule has 3 nitrogen and oxygen atoms in total. The summed E-state index contributed by atoms with van der Waals surface area (Å²) in [5.41, 5.74) is 15.2. The topological polar surface area (TPSA) is 21.3 Å². The van der Waals surface area contributed by atoms with E-state index in [9.17, 15) is 0 Å². The van der Waals surface area contributed by atoms with Gasteiger partial charge in [0.25, 0.3) is 0 Å². The quantitative estimate of drug-likeness (QED) is 0.161. The maximum Gasteiger partial charge on any atom is 0.143 e. The van der Waals surface area contributed by atoms with Gasteiger partial charge in [0.1, 0.15) is 11.2 Å². The van der Waals surface area contributed by atoms with Gasteiger partial charge in [-0.2, -0.15) is 0 Å². The van der Waals surface area contributed by atoms with Gasteiger partial charge in [0, 0.05) is 49.5 Å². The van der Waals surface area contributed by atoms with Crippen LogP contribution in [0.4, 0.5) is 17.1 Å². The van der Waals surface area contributed by atoms with Crippen molar-refractivity contribution in [2.75, 3.05) is 4.90 Å². The fourth-order valence-corrected chi connectivity index (χ4v) is 9.51. The lowest BCUT2D eigenvalue weighted by Gasteiger charge is -2.30. The molecule has 286 valence electrons. The molecule has 0 fully saturated rings. The second kappa shape index (κ2) is 14.3. The van der Waals surface area contributed by atoms with Crippen LogP contribution in [0.3, 0.4) is 0 Å². The monoisotopic (exact) mass is 778 g/mol. The van der Waals surface area contributed by atoms with Crippen molar-refractivity contribution in [3.63, 3.8) is 0 Å². The second-order valence-electron chi connectivity index (χ2n) is 15.6. The standard InChI is InChI=1S/C58H38N2O/c1-2-18-40(19-3-1)43-23-6-11-31-52(43)60-55-34-14-8-25-46(55)48-37-36-41(38-56(48)60)59(53-32-12-7-24-45(53)44-28-16-21-39-20-4-5-22-42(39)44)54-33-13-9-26-47(54)50-29-17-30-51-49-27-10-15-35-57(49)61-58(50)51/h1-38H. The molecule has 0 radical (unpaired) electrons. The van der Waals surface area contributed by atoms with Gasteiger partial charge in [-0.25, -0.2) is 0 Å². The summed E-state index contributed by atoms with van der Waals surface area (Å²) in [6.45, 7) is 0. The largest absolute Gasteiger partial charge is 0.455 e. The van der Waals surface area contributed by atoms with E-state index >= 15 is 0 Å². The summed E-state index contributed by atoms with van der Waals surface area (Å²) < 4.78 is 9.16. The number of anilines is 3. The SMILES string of the molecule is c1ccc(-c2ccccc2-n2c3ccccc3c3ccc(N(c4ccccc4-c4cccc5ccccc45)c4ccccc4-c4cccc5c4oc4ccccc45)cc32)cc1. The molecule has 0 aliphatic heterocycles. The number of para-hydroxylation sites is 6. The molecule has 0 N–H and O–H groups in total. The Balaban J connectivity index is 1.16. The predicted molar refractivity (Wildman–Crippen MR) is 257 cm³/mol. The predicted octanol–water partition coefficient (Wildman–Crippen LogP) is 16.3. The van der Waals surface area contributed by atoms with Gasteiger partial charge < -0.3 is 13.9 Å². The number of fused-ring (bicyclic) bond motifs is 7. The summed E-state index contributed by atoms with van der Waals surface area (Å²) in [5.74, 6) is 0. The highest BCUT2D eigenvalue weighted by Gasteiger charge is 2.25. The van der Waals surface area contributed by atoms with Crippen molar-refractivity contribution < 1.29 is 4.42 Å². The molecular weight excluding hydrogens is 741 g/mol. The number of rotatable bonds is 7. The first kappa shape index (κ1) is 34.9. The Hall–Kier alpha value is -8.14. The van der Waals surface area contributed by atoms with Crippen molar-refractivity contribution in [3.05, 3.63) is 231 Å². The van der Waals surface area contributed by atoms with Gasteiger partial charge in [-0.15, -0.1) is 0 Å². The third kappa shape index (κ3) is 5.66. The van der Waals surface area contributed by atoms with Crippen molar-refractivity contribution >= 4 is 71.6 Å². The van der Waals surface area contributed by atoms with Crippen LogP contribution in [0.5, 0.6) is 0 Å². The van der Waals surface area contributed by atoms with E-state index in [4.69, 9.17) is 4.42 Å². The van der Waals surface area contributed by atoms with Crippen molar-refractivity contribution in [1.29, 1.82) is 0 Å².